The maximum atomic E-state index is 13.3. The van der Waals surface area contributed by atoms with Gasteiger partial charge in [-0.05, 0) is 81.4 Å². The molecular formula is C27H30FN7O2S. The number of imidazole rings is 1. The number of H-pyrrole nitrogens is 1. The number of sulfonamides is 1. The molecule has 198 valence electrons. The van der Waals surface area contributed by atoms with Crippen LogP contribution in [0, 0.1) is 12.7 Å². The number of nitrogens with zero attached hydrogens (tertiary/aromatic N) is 5. The standard InChI is InChI=1S/C27H30FN7O2S/c1-19-26(31-18-30-19)17-34(2)23-12-15-35(16-13-23)38(36,37)24-9-7-22(8-10-24)32-27-29-14-11-25(33-27)20-3-5-21(28)6-4-20/h3-11,14,18,23H,12-13,15-17H2,1-2H3,(H,30,31)(H,29,32,33). The van der Waals surface area contributed by atoms with Gasteiger partial charge in [-0.2, -0.15) is 4.31 Å². The number of hydrogen-bond donors (Lipinski definition) is 2. The average Bonchev–Trinajstić information content (AvgIpc) is 3.33. The van der Waals surface area contributed by atoms with E-state index >= 15 is 0 Å². The molecule has 1 saturated heterocycles. The van der Waals surface area contributed by atoms with Gasteiger partial charge in [0, 0.05) is 48.8 Å². The van der Waals surface area contributed by atoms with Crippen molar-refractivity contribution in [2.75, 3.05) is 25.5 Å². The third kappa shape index (κ3) is 5.74. The van der Waals surface area contributed by atoms with Gasteiger partial charge >= 0.3 is 0 Å². The second-order valence-electron chi connectivity index (χ2n) is 9.45. The van der Waals surface area contributed by atoms with Gasteiger partial charge in [-0.3, -0.25) is 4.90 Å². The zero-order valence-electron chi connectivity index (χ0n) is 21.3. The Labute approximate surface area is 221 Å². The zero-order chi connectivity index (χ0) is 26.7. The molecule has 11 heteroatoms. The van der Waals surface area contributed by atoms with Crippen LogP contribution in [0.15, 0.2) is 72.0 Å². The van der Waals surface area contributed by atoms with Gasteiger partial charge in [-0.15, -0.1) is 0 Å². The molecule has 3 heterocycles. The highest BCUT2D eigenvalue weighted by Gasteiger charge is 2.31. The maximum absolute atomic E-state index is 13.3. The number of anilines is 2. The number of aryl methyl sites for hydroxylation is 1. The number of benzene rings is 2. The molecular weight excluding hydrogens is 505 g/mol. The monoisotopic (exact) mass is 535 g/mol. The molecule has 5 rings (SSSR count). The number of aromatic nitrogens is 4. The highest BCUT2D eigenvalue weighted by molar-refractivity contribution is 7.89. The first-order valence-corrected chi connectivity index (χ1v) is 13.9. The summed E-state index contributed by atoms with van der Waals surface area (Å²) < 4.78 is 41.4. The van der Waals surface area contributed by atoms with Gasteiger partial charge in [-0.1, -0.05) is 0 Å². The van der Waals surface area contributed by atoms with E-state index in [-0.39, 0.29) is 10.7 Å². The smallest absolute Gasteiger partial charge is 0.243 e. The first kappa shape index (κ1) is 26.0. The van der Waals surface area contributed by atoms with Crippen LogP contribution >= 0.6 is 0 Å². The molecule has 0 radical (unpaired) electrons. The first-order chi connectivity index (χ1) is 18.3. The van der Waals surface area contributed by atoms with Crippen LogP contribution in [0.25, 0.3) is 11.3 Å². The highest BCUT2D eigenvalue weighted by atomic mass is 32.2. The molecule has 2 N–H and O–H groups in total. The van der Waals surface area contributed by atoms with Gasteiger partial charge in [0.25, 0.3) is 0 Å². The lowest BCUT2D eigenvalue weighted by Crippen LogP contribution is -2.45. The van der Waals surface area contributed by atoms with Crippen molar-refractivity contribution in [3.8, 4) is 11.3 Å². The Bertz CT molecular complexity index is 1480. The van der Waals surface area contributed by atoms with E-state index in [0.717, 1.165) is 36.3 Å². The minimum atomic E-state index is -3.60. The largest absolute Gasteiger partial charge is 0.348 e. The Kier molecular flexibility index (Phi) is 7.50. The van der Waals surface area contributed by atoms with Crippen LogP contribution in [0.4, 0.5) is 16.0 Å². The Morgan fingerprint density at radius 2 is 1.76 bits per heavy atom. The van der Waals surface area contributed by atoms with E-state index in [9.17, 15) is 12.8 Å². The normalized spacial score (nSPS) is 15.2. The Balaban J connectivity index is 1.20. The lowest BCUT2D eigenvalue weighted by molar-refractivity contribution is 0.161. The van der Waals surface area contributed by atoms with Crippen LogP contribution in [0.3, 0.4) is 0 Å². The highest BCUT2D eigenvalue weighted by Crippen LogP contribution is 2.26. The minimum absolute atomic E-state index is 0.253. The summed E-state index contributed by atoms with van der Waals surface area (Å²) in [6.07, 6.45) is 4.84. The van der Waals surface area contributed by atoms with Crippen LogP contribution in [-0.2, 0) is 16.6 Å². The summed E-state index contributed by atoms with van der Waals surface area (Å²) >= 11 is 0. The number of aromatic amines is 1. The molecule has 2 aromatic carbocycles. The summed E-state index contributed by atoms with van der Waals surface area (Å²) in [5.41, 5.74) is 4.15. The van der Waals surface area contributed by atoms with Crippen molar-refractivity contribution in [2.24, 2.45) is 0 Å². The zero-order valence-corrected chi connectivity index (χ0v) is 22.1. The van der Waals surface area contributed by atoms with Gasteiger partial charge < -0.3 is 10.3 Å². The van der Waals surface area contributed by atoms with E-state index in [0.29, 0.717) is 36.5 Å². The first-order valence-electron chi connectivity index (χ1n) is 12.4. The Morgan fingerprint density at radius 3 is 2.42 bits per heavy atom. The van der Waals surface area contributed by atoms with Gasteiger partial charge in [0.1, 0.15) is 5.82 Å². The molecule has 4 aromatic rings. The van der Waals surface area contributed by atoms with Crippen molar-refractivity contribution < 1.29 is 12.8 Å². The molecule has 0 spiro atoms. The Hall–Kier alpha value is -3.67. The van der Waals surface area contributed by atoms with Gasteiger partial charge in [0.2, 0.25) is 16.0 Å². The predicted molar refractivity (Wildman–Crippen MR) is 144 cm³/mol. The summed E-state index contributed by atoms with van der Waals surface area (Å²) in [5.74, 6) is 0.0480. The van der Waals surface area contributed by atoms with E-state index < -0.39 is 10.0 Å². The number of rotatable bonds is 8. The molecule has 0 amide bonds. The molecule has 2 aromatic heterocycles. The van der Waals surface area contributed by atoms with Crippen molar-refractivity contribution in [3.05, 3.63) is 84.3 Å². The molecule has 0 saturated carbocycles. The van der Waals surface area contributed by atoms with Gasteiger partial charge in [0.15, 0.2) is 0 Å². The molecule has 9 nitrogen and oxygen atoms in total. The van der Waals surface area contributed by atoms with Crippen molar-refractivity contribution in [1.29, 1.82) is 0 Å². The van der Waals surface area contributed by atoms with Crippen LogP contribution in [-0.4, -0.2) is 63.7 Å². The average molecular weight is 536 g/mol. The number of hydrogen-bond acceptors (Lipinski definition) is 7. The third-order valence-corrected chi connectivity index (χ3v) is 8.84. The Morgan fingerprint density at radius 1 is 1.05 bits per heavy atom. The number of piperidine rings is 1. The summed E-state index contributed by atoms with van der Waals surface area (Å²) in [6, 6.07) is 14.7. The van der Waals surface area contributed by atoms with E-state index in [4.69, 9.17) is 0 Å². The quantitative estimate of drug-likeness (QED) is 0.346. The molecule has 0 unspecified atom stereocenters. The van der Waals surface area contributed by atoms with Crippen LogP contribution < -0.4 is 5.32 Å². The third-order valence-electron chi connectivity index (χ3n) is 6.92. The molecule has 0 atom stereocenters. The van der Waals surface area contributed by atoms with Crippen molar-refractivity contribution in [2.45, 2.75) is 37.2 Å². The van der Waals surface area contributed by atoms with Crippen molar-refractivity contribution in [1.82, 2.24) is 29.1 Å². The molecule has 1 aliphatic heterocycles. The van der Waals surface area contributed by atoms with E-state index in [1.54, 1.807) is 59.3 Å². The summed E-state index contributed by atoms with van der Waals surface area (Å²) in [4.78, 5) is 18.7. The summed E-state index contributed by atoms with van der Waals surface area (Å²) in [5, 5.41) is 3.11. The van der Waals surface area contributed by atoms with E-state index in [1.165, 1.54) is 12.1 Å². The molecule has 0 bridgehead atoms. The summed E-state index contributed by atoms with van der Waals surface area (Å²) in [6.45, 7) is 3.68. The second-order valence-corrected chi connectivity index (χ2v) is 11.4. The van der Waals surface area contributed by atoms with E-state index in [1.807, 2.05) is 6.92 Å². The SMILES string of the molecule is Cc1[nH]cnc1CN(C)C1CCN(S(=O)(=O)c2ccc(Nc3nccc(-c4ccc(F)cc4)n3)cc2)CC1. The lowest BCUT2D eigenvalue weighted by Gasteiger charge is -2.36. The molecule has 1 fully saturated rings. The van der Waals surface area contributed by atoms with Gasteiger partial charge in [-0.25, -0.2) is 27.8 Å². The molecule has 38 heavy (non-hydrogen) atoms. The minimum Gasteiger partial charge on any atom is -0.348 e. The molecule has 1 aliphatic rings. The fraction of sp³-hybridized carbons (Fsp3) is 0.296. The predicted octanol–water partition coefficient (Wildman–Crippen LogP) is 4.34. The van der Waals surface area contributed by atoms with Crippen molar-refractivity contribution >= 4 is 21.7 Å². The fourth-order valence-electron chi connectivity index (χ4n) is 4.62. The molecule has 0 aliphatic carbocycles. The second kappa shape index (κ2) is 11.0. The van der Waals surface area contributed by atoms with Crippen molar-refractivity contribution in [3.63, 3.8) is 0 Å². The van der Waals surface area contributed by atoms with E-state index in [2.05, 4.69) is 37.2 Å². The number of halogens is 1. The van der Waals surface area contributed by atoms with Crippen LogP contribution in [0.2, 0.25) is 0 Å². The number of nitrogens with one attached hydrogen (secondary N) is 2. The van der Waals surface area contributed by atoms with Crippen LogP contribution in [0.1, 0.15) is 24.2 Å². The fourth-order valence-corrected chi connectivity index (χ4v) is 6.09. The van der Waals surface area contributed by atoms with Crippen LogP contribution in [0.5, 0.6) is 0 Å². The lowest BCUT2D eigenvalue weighted by atomic mass is 10.1. The van der Waals surface area contributed by atoms with Gasteiger partial charge in [0.05, 0.1) is 22.6 Å². The summed E-state index contributed by atoms with van der Waals surface area (Å²) in [7, 11) is -1.53. The topological polar surface area (TPSA) is 107 Å². The maximum Gasteiger partial charge on any atom is 0.243 e.